The van der Waals surface area contributed by atoms with E-state index < -0.39 is 17.8 Å². The molecule has 0 aromatic heterocycles. The number of halogens is 2. The first kappa shape index (κ1) is 21.8. The second kappa shape index (κ2) is 10.2. The van der Waals surface area contributed by atoms with Gasteiger partial charge in [-0.25, -0.2) is 9.18 Å². The van der Waals surface area contributed by atoms with Gasteiger partial charge in [-0.05, 0) is 37.1 Å². The lowest BCUT2D eigenvalue weighted by molar-refractivity contribution is -0.147. The van der Waals surface area contributed by atoms with Crippen LogP contribution < -0.4 is 5.48 Å². The number of rotatable bonds is 8. The molecule has 2 rings (SSSR count). The molecular weight excluding hydrogens is 387 g/mol. The van der Waals surface area contributed by atoms with Crippen LogP contribution in [0.15, 0.2) is 41.6 Å². The Morgan fingerprint density at radius 2 is 1.96 bits per heavy atom. The molecule has 0 fully saturated rings. The number of hydrogen-bond acceptors (Lipinski definition) is 6. The summed E-state index contributed by atoms with van der Waals surface area (Å²) in [7, 11) is 2.71. The fraction of sp³-hybridized carbons (Fsp3) is 0.300. The second-order valence-corrected chi connectivity index (χ2v) is 6.37. The number of esters is 1. The molecule has 2 aromatic rings. The van der Waals surface area contributed by atoms with Crippen molar-refractivity contribution in [3.63, 3.8) is 0 Å². The Balaban J connectivity index is 2.28. The molecule has 8 heteroatoms. The smallest absolute Gasteiger partial charge is 0.329 e. The number of ether oxygens (including phenoxy) is 1. The second-order valence-electron chi connectivity index (χ2n) is 5.97. The van der Waals surface area contributed by atoms with Crippen LogP contribution in [-0.4, -0.2) is 25.9 Å². The molecule has 0 bridgehead atoms. The van der Waals surface area contributed by atoms with E-state index in [0.29, 0.717) is 11.3 Å². The quantitative estimate of drug-likeness (QED) is 0.404. The minimum Gasteiger partial charge on any atom is -0.468 e. The summed E-state index contributed by atoms with van der Waals surface area (Å²) in [5.74, 6) is -0.990. The highest BCUT2D eigenvalue weighted by atomic mass is 35.5. The normalized spacial score (nSPS) is 12.6. The third kappa shape index (κ3) is 5.07. The summed E-state index contributed by atoms with van der Waals surface area (Å²) in [6, 6.07) is 9.03. The third-order valence-electron chi connectivity index (χ3n) is 4.17. The van der Waals surface area contributed by atoms with E-state index in [-0.39, 0.29) is 17.2 Å². The maximum Gasteiger partial charge on any atom is 0.329 e. The fourth-order valence-corrected chi connectivity index (χ4v) is 3.05. The Bertz CT molecular complexity index is 853. The Hall–Kier alpha value is -2.48. The van der Waals surface area contributed by atoms with Gasteiger partial charge in [-0.15, -0.1) is 0 Å². The molecule has 0 aliphatic heterocycles. The van der Waals surface area contributed by atoms with E-state index in [1.807, 2.05) is 19.1 Å². The Labute approximate surface area is 168 Å². The molecule has 150 valence electrons. The minimum absolute atomic E-state index is 0.0598. The van der Waals surface area contributed by atoms with Gasteiger partial charge < -0.3 is 14.4 Å². The molecular formula is C20H22ClFN2O4. The molecule has 1 unspecified atom stereocenters. The molecule has 0 radical (unpaired) electrons. The number of hydroxylamine groups is 1. The predicted octanol–water partition coefficient (Wildman–Crippen LogP) is 4.09. The molecule has 0 amide bonds. The summed E-state index contributed by atoms with van der Waals surface area (Å²) in [5, 5.41) is 4.24. The van der Waals surface area contributed by atoms with Crippen molar-refractivity contribution in [3.8, 4) is 0 Å². The summed E-state index contributed by atoms with van der Waals surface area (Å²) in [4.78, 5) is 22.5. The Kier molecular flexibility index (Phi) is 7.92. The molecule has 1 N–H and O–H groups in total. The van der Waals surface area contributed by atoms with Crippen LogP contribution in [0, 0.1) is 12.7 Å². The summed E-state index contributed by atoms with van der Waals surface area (Å²) >= 11 is 6.05. The van der Waals surface area contributed by atoms with Gasteiger partial charge in [0.15, 0.2) is 6.04 Å². The summed E-state index contributed by atoms with van der Waals surface area (Å²) in [6.07, 6.45) is 0. The van der Waals surface area contributed by atoms with Crippen molar-refractivity contribution in [3.05, 3.63) is 69.5 Å². The van der Waals surface area contributed by atoms with E-state index in [1.165, 1.54) is 26.4 Å². The lowest BCUT2D eigenvalue weighted by Crippen LogP contribution is -2.30. The molecule has 0 heterocycles. The molecule has 0 spiro atoms. The Morgan fingerprint density at radius 1 is 1.25 bits per heavy atom. The number of hydrogen-bond donors (Lipinski definition) is 1. The van der Waals surface area contributed by atoms with Crippen molar-refractivity contribution in [2.75, 3.05) is 14.2 Å². The van der Waals surface area contributed by atoms with E-state index in [2.05, 4.69) is 10.6 Å². The number of nitrogens with zero attached hydrogens (tertiary/aromatic N) is 1. The third-order valence-corrected chi connectivity index (χ3v) is 4.48. The van der Waals surface area contributed by atoms with Crippen molar-refractivity contribution < 1.29 is 23.6 Å². The van der Waals surface area contributed by atoms with Crippen LogP contribution in [0.1, 0.15) is 35.2 Å². The van der Waals surface area contributed by atoms with E-state index in [9.17, 15) is 9.18 Å². The first-order chi connectivity index (χ1) is 13.4. The molecule has 28 heavy (non-hydrogen) atoms. The van der Waals surface area contributed by atoms with Gasteiger partial charge in [0.25, 0.3) is 0 Å². The lowest BCUT2D eigenvalue weighted by atomic mass is 9.97. The number of benzene rings is 2. The van der Waals surface area contributed by atoms with Crippen molar-refractivity contribution >= 4 is 23.3 Å². The summed E-state index contributed by atoms with van der Waals surface area (Å²) in [5.41, 5.74) is 5.37. The molecule has 0 aliphatic carbocycles. The number of methoxy groups -OCH3 is 1. The van der Waals surface area contributed by atoms with Crippen molar-refractivity contribution in [1.82, 2.24) is 5.48 Å². The predicted molar refractivity (Wildman–Crippen MR) is 104 cm³/mol. The maximum atomic E-state index is 14.0. The topological polar surface area (TPSA) is 69.2 Å². The standard InChI is InChI=1S/C20H22ClFN2O4/c1-12-7-5-8-14(19(24-27-4)20(25)26-3)15(12)11-28-23-13(2)18-16(21)9-6-10-17(18)22/h5-10,19,24H,11H2,1-4H3/b23-13+. The van der Waals surface area contributed by atoms with Gasteiger partial charge in [-0.3, -0.25) is 0 Å². The van der Waals surface area contributed by atoms with Crippen LogP contribution in [-0.2, 0) is 25.8 Å². The van der Waals surface area contributed by atoms with Crippen LogP contribution in [0.5, 0.6) is 0 Å². The van der Waals surface area contributed by atoms with E-state index in [0.717, 1.165) is 11.1 Å². The largest absolute Gasteiger partial charge is 0.468 e. The highest BCUT2D eigenvalue weighted by Gasteiger charge is 2.25. The van der Waals surface area contributed by atoms with E-state index >= 15 is 0 Å². The molecule has 1 atom stereocenters. The number of nitrogens with one attached hydrogen (secondary N) is 1. The molecule has 6 nitrogen and oxygen atoms in total. The average molecular weight is 409 g/mol. The van der Waals surface area contributed by atoms with Crippen molar-refractivity contribution in [2.45, 2.75) is 26.5 Å². The van der Waals surface area contributed by atoms with E-state index in [1.54, 1.807) is 19.1 Å². The number of aryl methyl sites for hydroxylation is 1. The molecule has 0 aliphatic rings. The Morgan fingerprint density at radius 3 is 2.61 bits per heavy atom. The number of oxime groups is 1. The minimum atomic E-state index is -0.834. The van der Waals surface area contributed by atoms with Gasteiger partial charge in [-0.2, -0.15) is 5.48 Å². The van der Waals surface area contributed by atoms with Gasteiger partial charge in [0, 0.05) is 5.56 Å². The van der Waals surface area contributed by atoms with Crippen LogP contribution >= 0.6 is 11.6 Å². The van der Waals surface area contributed by atoms with Crippen molar-refractivity contribution in [2.24, 2.45) is 5.16 Å². The van der Waals surface area contributed by atoms with E-state index in [4.69, 9.17) is 26.0 Å². The zero-order valence-corrected chi connectivity index (χ0v) is 16.8. The first-order valence-electron chi connectivity index (χ1n) is 8.46. The lowest BCUT2D eigenvalue weighted by Gasteiger charge is -2.19. The van der Waals surface area contributed by atoms with Crippen LogP contribution in [0.4, 0.5) is 4.39 Å². The number of carbonyl (C=O) groups is 1. The monoisotopic (exact) mass is 408 g/mol. The zero-order chi connectivity index (χ0) is 20.7. The highest BCUT2D eigenvalue weighted by Crippen LogP contribution is 2.24. The molecule has 0 saturated heterocycles. The molecule has 2 aromatic carbocycles. The van der Waals surface area contributed by atoms with Crippen LogP contribution in [0.2, 0.25) is 5.02 Å². The maximum absolute atomic E-state index is 14.0. The SMILES string of the molecule is CONC(C(=O)OC)c1cccc(C)c1CO/N=C(\C)c1c(F)cccc1Cl. The summed E-state index contributed by atoms with van der Waals surface area (Å²) < 4.78 is 18.8. The zero-order valence-electron chi connectivity index (χ0n) is 16.1. The number of carbonyl (C=O) groups excluding carboxylic acids is 1. The van der Waals surface area contributed by atoms with Gasteiger partial charge in [0.2, 0.25) is 0 Å². The first-order valence-corrected chi connectivity index (χ1v) is 8.84. The van der Waals surface area contributed by atoms with Gasteiger partial charge in [-0.1, -0.05) is 41.0 Å². The van der Waals surface area contributed by atoms with Crippen LogP contribution in [0.25, 0.3) is 0 Å². The average Bonchev–Trinajstić information content (AvgIpc) is 2.66. The van der Waals surface area contributed by atoms with Crippen LogP contribution in [0.3, 0.4) is 0 Å². The summed E-state index contributed by atoms with van der Waals surface area (Å²) in [6.45, 7) is 3.55. The molecule has 0 saturated carbocycles. The van der Waals surface area contributed by atoms with Gasteiger partial charge in [0.1, 0.15) is 12.4 Å². The highest BCUT2D eigenvalue weighted by molar-refractivity contribution is 6.34. The van der Waals surface area contributed by atoms with Gasteiger partial charge >= 0.3 is 5.97 Å². The fourth-order valence-electron chi connectivity index (χ4n) is 2.75. The van der Waals surface area contributed by atoms with Gasteiger partial charge in [0.05, 0.1) is 30.5 Å². The van der Waals surface area contributed by atoms with Crippen molar-refractivity contribution in [1.29, 1.82) is 0 Å².